The summed E-state index contributed by atoms with van der Waals surface area (Å²) in [7, 11) is 5.35. The van der Waals surface area contributed by atoms with Crippen LogP contribution in [0.25, 0.3) is 5.76 Å². The van der Waals surface area contributed by atoms with Gasteiger partial charge in [-0.2, -0.15) is 0 Å². The Balaban J connectivity index is 2.04. The zero-order valence-corrected chi connectivity index (χ0v) is 19.7. The smallest absolute Gasteiger partial charge is 0.295 e. The molecule has 1 heterocycles. The summed E-state index contributed by atoms with van der Waals surface area (Å²) in [5.41, 5.74) is 1.23. The van der Waals surface area contributed by atoms with Gasteiger partial charge in [0.1, 0.15) is 17.3 Å². The molecule has 1 unspecified atom stereocenters. The average molecular weight is 453 g/mol. The monoisotopic (exact) mass is 452 g/mol. The molecule has 0 aromatic heterocycles. The summed E-state index contributed by atoms with van der Waals surface area (Å²) in [6, 6.07) is 13.5. The summed E-state index contributed by atoms with van der Waals surface area (Å²) in [4.78, 5) is 29.5. The fourth-order valence-corrected chi connectivity index (χ4v) is 3.77. The number of aliphatic hydroxyl groups excluding tert-OH is 1. The molecular weight excluding hydrogens is 420 g/mol. The lowest BCUT2D eigenvalue weighted by molar-refractivity contribution is -0.140. The van der Waals surface area contributed by atoms with Crippen LogP contribution in [-0.4, -0.2) is 67.5 Å². The number of hydrogen-bond acceptors (Lipinski definition) is 6. The lowest BCUT2D eigenvalue weighted by atomic mass is 9.95. The van der Waals surface area contributed by atoms with E-state index in [-0.39, 0.29) is 11.3 Å². The molecule has 1 aliphatic heterocycles. The van der Waals surface area contributed by atoms with E-state index in [2.05, 4.69) is 6.92 Å². The van der Waals surface area contributed by atoms with E-state index < -0.39 is 17.7 Å². The zero-order chi connectivity index (χ0) is 24.0. The van der Waals surface area contributed by atoms with Crippen molar-refractivity contribution in [3.05, 3.63) is 65.2 Å². The Labute approximate surface area is 195 Å². The SMILES string of the molecule is CCCCOc1ccc(C2C(=C(O)c3cccc(OC)c3)C(=O)C(=O)N2CCN(C)C)cc1. The van der Waals surface area contributed by atoms with Crippen LogP contribution in [-0.2, 0) is 9.59 Å². The van der Waals surface area contributed by atoms with Gasteiger partial charge in [-0.25, -0.2) is 0 Å². The van der Waals surface area contributed by atoms with E-state index >= 15 is 0 Å². The Hall–Kier alpha value is -3.32. The Bertz CT molecular complexity index is 1010. The van der Waals surface area contributed by atoms with Crippen molar-refractivity contribution in [2.75, 3.05) is 40.9 Å². The Morgan fingerprint density at radius 2 is 1.82 bits per heavy atom. The lowest BCUT2D eigenvalue weighted by Gasteiger charge is -2.26. The van der Waals surface area contributed by atoms with Gasteiger partial charge in [0.25, 0.3) is 11.7 Å². The van der Waals surface area contributed by atoms with Gasteiger partial charge in [0.15, 0.2) is 0 Å². The van der Waals surface area contributed by atoms with E-state index in [4.69, 9.17) is 9.47 Å². The number of Topliss-reactive ketones (excluding diaryl/α,β-unsaturated/α-hetero) is 1. The molecule has 2 aromatic rings. The molecule has 7 heteroatoms. The van der Waals surface area contributed by atoms with E-state index in [1.165, 1.54) is 12.0 Å². The number of aliphatic hydroxyl groups is 1. The Morgan fingerprint density at radius 1 is 1.09 bits per heavy atom. The second-order valence-electron chi connectivity index (χ2n) is 8.30. The van der Waals surface area contributed by atoms with Gasteiger partial charge in [-0.05, 0) is 50.3 Å². The first-order valence-electron chi connectivity index (χ1n) is 11.2. The molecule has 1 saturated heterocycles. The van der Waals surface area contributed by atoms with E-state index in [1.807, 2.05) is 43.3 Å². The molecule has 1 N–H and O–H groups in total. The van der Waals surface area contributed by atoms with E-state index in [1.54, 1.807) is 24.3 Å². The Kier molecular flexibility index (Phi) is 8.11. The van der Waals surface area contributed by atoms with Crippen molar-refractivity contribution < 1.29 is 24.2 Å². The number of carbonyl (C=O) groups excluding carboxylic acids is 2. The summed E-state index contributed by atoms with van der Waals surface area (Å²) < 4.78 is 11.0. The lowest BCUT2D eigenvalue weighted by Crippen LogP contribution is -2.35. The summed E-state index contributed by atoms with van der Waals surface area (Å²) >= 11 is 0. The molecular formula is C26H32N2O5. The molecule has 1 fully saturated rings. The molecule has 0 bridgehead atoms. The van der Waals surface area contributed by atoms with Gasteiger partial charge >= 0.3 is 0 Å². The quantitative estimate of drug-likeness (QED) is 0.255. The number of rotatable bonds is 10. The van der Waals surface area contributed by atoms with Crippen molar-refractivity contribution >= 4 is 17.4 Å². The van der Waals surface area contributed by atoms with Crippen molar-refractivity contribution in [2.24, 2.45) is 0 Å². The number of unbranched alkanes of at least 4 members (excludes halogenated alkanes) is 1. The summed E-state index contributed by atoms with van der Waals surface area (Å²) in [6.45, 7) is 3.67. The number of likely N-dealkylation sites (tertiary alicyclic amines) is 1. The summed E-state index contributed by atoms with van der Waals surface area (Å²) in [6.07, 6.45) is 2.01. The molecule has 1 amide bonds. The number of hydrogen-bond donors (Lipinski definition) is 1. The Morgan fingerprint density at radius 3 is 2.45 bits per heavy atom. The highest BCUT2D eigenvalue weighted by atomic mass is 16.5. The predicted octanol–water partition coefficient (Wildman–Crippen LogP) is 3.86. The van der Waals surface area contributed by atoms with Gasteiger partial charge in [-0.1, -0.05) is 37.6 Å². The highest BCUT2D eigenvalue weighted by molar-refractivity contribution is 6.46. The number of ketones is 1. The molecule has 3 rings (SSSR count). The minimum absolute atomic E-state index is 0.0756. The maximum Gasteiger partial charge on any atom is 0.295 e. The molecule has 7 nitrogen and oxygen atoms in total. The van der Waals surface area contributed by atoms with Gasteiger partial charge in [0, 0.05) is 18.7 Å². The molecule has 0 saturated carbocycles. The first-order chi connectivity index (χ1) is 15.9. The minimum Gasteiger partial charge on any atom is -0.507 e. The third-order valence-electron chi connectivity index (χ3n) is 5.63. The number of benzene rings is 2. The van der Waals surface area contributed by atoms with Crippen molar-refractivity contribution in [2.45, 2.75) is 25.8 Å². The molecule has 176 valence electrons. The van der Waals surface area contributed by atoms with Crippen LogP contribution >= 0.6 is 0 Å². The van der Waals surface area contributed by atoms with Crippen molar-refractivity contribution in [3.8, 4) is 11.5 Å². The van der Waals surface area contributed by atoms with E-state index in [9.17, 15) is 14.7 Å². The van der Waals surface area contributed by atoms with Crippen molar-refractivity contribution in [1.29, 1.82) is 0 Å². The second kappa shape index (κ2) is 11.0. The standard InChI is InChI=1S/C26H32N2O5/c1-5-6-16-33-20-12-10-18(11-13-20)23-22(24(29)19-8-7-9-21(17-19)32-4)25(30)26(31)28(23)15-14-27(2)3/h7-13,17,23,29H,5-6,14-16H2,1-4H3. The average Bonchev–Trinajstić information content (AvgIpc) is 3.07. The number of carbonyl (C=O) groups is 2. The van der Waals surface area contributed by atoms with Crippen molar-refractivity contribution in [3.63, 3.8) is 0 Å². The fourth-order valence-electron chi connectivity index (χ4n) is 3.77. The van der Waals surface area contributed by atoms with Gasteiger partial charge in [-0.15, -0.1) is 0 Å². The first-order valence-corrected chi connectivity index (χ1v) is 11.2. The molecule has 2 aromatic carbocycles. The summed E-state index contributed by atoms with van der Waals surface area (Å²) in [5, 5.41) is 11.1. The predicted molar refractivity (Wildman–Crippen MR) is 127 cm³/mol. The first kappa shape index (κ1) is 24.3. The van der Waals surface area contributed by atoms with Crippen LogP contribution in [0, 0.1) is 0 Å². The summed E-state index contributed by atoms with van der Waals surface area (Å²) in [5.74, 6) is -0.249. The van der Waals surface area contributed by atoms with Crippen molar-refractivity contribution in [1.82, 2.24) is 9.80 Å². The van der Waals surface area contributed by atoms with Crippen LogP contribution in [0.1, 0.15) is 36.9 Å². The van der Waals surface area contributed by atoms with Gasteiger partial charge in [-0.3, -0.25) is 9.59 Å². The van der Waals surface area contributed by atoms with Crippen LogP contribution in [0.2, 0.25) is 0 Å². The van der Waals surface area contributed by atoms with Gasteiger partial charge < -0.3 is 24.4 Å². The number of likely N-dealkylation sites (N-methyl/N-ethyl adjacent to an activating group) is 1. The fraction of sp³-hybridized carbons (Fsp3) is 0.385. The van der Waals surface area contributed by atoms with Gasteiger partial charge in [0.05, 0.1) is 25.3 Å². The molecule has 1 atom stereocenters. The number of ether oxygens (including phenoxy) is 2. The molecule has 0 spiro atoms. The normalized spacial score (nSPS) is 17.6. The van der Waals surface area contributed by atoms with Crippen LogP contribution in [0.5, 0.6) is 11.5 Å². The number of amides is 1. The minimum atomic E-state index is -0.694. The van der Waals surface area contributed by atoms with Gasteiger partial charge in [0.2, 0.25) is 0 Å². The van der Waals surface area contributed by atoms with E-state index in [0.29, 0.717) is 31.0 Å². The van der Waals surface area contributed by atoms with Crippen LogP contribution in [0.4, 0.5) is 0 Å². The molecule has 33 heavy (non-hydrogen) atoms. The molecule has 0 aliphatic carbocycles. The molecule has 0 radical (unpaired) electrons. The number of nitrogens with zero attached hydrogens (tertiary/aromatic N) is 2. The zero-order valence-electron chi connectivity index (χ0n) is 19.7. The van der Waals surface area contributed by atoms with E-state index in [0.717, 1.165) is 24.2 Å². The highest BCUT2D eigenvalue weighted by Crippen LogP contribution is 2.40. The number of methoxy groups -OCH3 is 1. The highest BCUT2D eigenvalue weighted by Gasteiger charge is 2.45. The molecule has 1 aliphatic rings. The maximum absolute atomic E-state index is 13.1. The largest absolute Gasteiger partial charge is 0.507 e. The third-order valence-corrected chi connectivity index (χ3v) is 5.63. The maximum atomic E-state index is 13.1. The van der Waals surface area contributed by atoms with Crippen LogP contribution in [0.3, 0.4) is 0 Å². The third kappa shape index (κ3) is 5.54. The second-order valence-corrected chi connectivity index (χ2v) is 8.30. The van der Waals surface area contributed by atoms with Crippen LogP contribution < -0.4 is 9.47 Å². The topological polar surface area (TPSA) is 79.3 Å². The van der Waals surface area contributed by atoms with Crippen LogP contribution in [0.15, 0.2) is 54.1 Å².